The van der Waals surface area contributed by atoms with Crippen LogP contribution in [0, 0.1) is 0 Å². The summed E-state index contributed by atoms with van der Waals surface area (Å²) < 4.78 is 36.2. The predicted molar refractivity (Wildman–Crippen MR) is 124 cm³/mol. The van der Waals surface area contributed by atoms with Gasteiger partial charge in [0.05, 0.1) is 31.2 Å². The van der Waals surface area contributed by atoms with Crippen LogP contribution in [-0.2, 0) is 21.4 Å². The Morgan fingerprint density at radius 3 is 2.32 bits per heavy atom. The van der Waals surface area contributed by atoms with E-state index in [9.17, 15) is 13.2 Å². The minimum atomic E-state index is -3.60. The Morgan fingerprint density at radius 1 is 1.03 bits per heavy atom. The maximum absolute atomic E-state index is 12.6. The molecule has 0 N–H and O–H groups in total. The van der Waals surface area contributed by atoms with Crippen LogP contribution in [-0.4, -0.2) is 53.3 Å². The van der Waals surface area contributed by atoms with Crippen molar-refractivity contribution in [2.45, 2.75) is 19.4 Å². The SMILES string of the molecule is COc1ccc(CN(C)C(=O)CCCN(c2cc(Cl)ccc2Cl)S(C)(=O)=O)cc1OC. The number of carbonyl (C=O) groups excluding carboxylic acids is 1. The minimum absolute atomic E-state index is 0.106. The largest absolute Gasteiger partial charge is 0.493 e. The topological polar surface area (TPSA) is 76.2 Å². The molecular formula is C21H26Cl2N2O5S. The van der Waals surface area contributed by atoms with Crippen molar-refractivity contribution in [3.05, 3.63) is 52.0 Å². The van der Waals surface area contributed by atoms with Crippen molar-refractivity contribution in [2.75, 3.05) is 38.4 Å². The Morgan fingerprint density at radius 2 is 1.71 bits per heavy atom. The first-order valence-corrected chi connectivity index (χ1v) is 12.0. The van der Waals surface area contributed by atoms with Crippen molar-refractivity contribution in [1.82, 2.24) is 4.90 Å². The van der Waals surface area contributed by atoms with Crippen molar-refractivity contribution in [1.29, 1.82) is 0 Å². The summed E-state index contributed by atoms with van der Waals surface area (Å²) in [5, 5.41) is 0.644. The first-order valence-electron chi connectivity index (χ1n) is 9.44. The molecule has 2 aromatic rings. The third-order valence-electron chi connectivity index (χ3n) is 4.62. The van der Waals surface area contributed by atoms with E-state index in [-0.39, 0.29) is 23.9 Å². The van der Waals surface area contributed by atoms with Crippen molar-refractivity contribution in [3.8, 4) is 11.5 Å². The van der Waals surface area contributed by atoms with Gasteiger partial charge in [-0.3, -0.25) is 9.10 Å². The molecule has 0 fully saturated rings. The Labute approximate surface area is 193 Å². The highest BCUT2D eigenvalue weighted by Crippen LogP contribution is 2.31. The Kier molecular flexibility index (Phi) is 8.85. The molecule has 0 heterocycles. The van der Waals surface area contributed by atoms with Crippen molar-refractivity contribution in [3.63, 3.8) is 0 Å². The Hall–Kier alpha value is -2.16. The van der Waals surface area contributed by atoms with Gasteiger partial charge in [0.1, 0.15) is 0 Å². The second-order valence-corrected chi connectivity index (χ2v) is 9.72. The van der Waals surface area contributed by atoms with Crippen molar-refractivity contribution in [2.24, 2.45) is 0 Å². The number of methoxy groups -OCH3 is 2. The first-order chi connectivity index (χ1) is 14.6. The molecule has 0 aromatic heterocycles. The molecule has 2 rings (SSSR count). The highest BCUT2D eigenvalue weighted by atomic mass is 35.5. The zero-order valence-corrected chi connectivity index (χ0v) is 20.2. The summed E-state index contributed by atoms with van der Waals surface area (Å²) in [6.07, 6.45) is 1.59. The fraction of sp³-hybridized carbons (Fsp3) is 0.381. The summed E-state index contributed by atoms with van der Waals surface area (Å²) in [7, 11) is 1.21. The molecule has 0 saturated carbocycles. The lowest BCUT2D eigenvalue weighted by Gasteiger charge is -2.24. The molecule has 1 amide bonds. The van der Waals surface area contributed by atoms with Gasteiger partial charge in [-0.05, 0) is 42.3 Å². The molecule has 0 unspecified atom stereocenters. The molecule has 7 nitrogen and oxygen atoms in total. The van der Waals surface area contributed by atoms with Crippen LogP contribution in [0.25, 0.3) is 0 Å². The molecule has 170 valence electrons. The van der Waals surface area contributed by atoms with Crippen LogP contribution in [0.15, 0.2) is 36.4 Å². The van der Waals surface area contributed by atoms with E-state index in [1.807, 2.05) is 12.1 Å². The average Bonchev–Trinajstić information content (AvgIpc) is 2.72. The summed E-state index contributed by atoms with van der Waals surface area (Å²) in [5.74, 6) is 1.09. The normalized spacial score (nSPS) is 11.2. The Bertz CT molecular complexity index is 1030. The number of benzene rings is 2. The first kappa shape index (κ1) is 25.1. The third-order valence-corrected chi connectivity index (χ3v) is 6.36. The lowest BCUT2D eigenvalue weighted by Crippen LogP contribution is -2.32. The minimum Gasteiger partial charge on any atom is -0.493 e. The average molecular weight is 489 g/mol. The molecule has 31 heavy (non-hydrogen) atoms. The van der Waals surface area contributed by atoms with Gasteiger partial charge >= 0.3 is 0 Å². The van der Waals surface area contributed by atoms with Crippen LogP contribution in [0.4, 0.5) is 5.69 Å². The van der Waals surface area contributed by atoms with Crippen molar-refractivity contribution < 1.29 is 22.7 Å². The number of amides is 1. The van der Waals surface area contributed by atoms with E-state index in [1.165, 1.54) is 10.4 Å². The van der Waals surface area contributed by atoms with Gasteiger partial charge in [0.2, 0.25) is 15.9 Å². The maximum atomic E-state index is 12.6. The standard InChI is InChI=1S/C21H26Cl2N2O5S/c1-24(14-15-7-10-19(29-2)20(12-15)30-3)21(26)6-5-11-25(31(4,27)28)18-13-16(22)8-9-17(18)23/h7-10,12-13H,5-6,11,14H2,1-4H3. The number of nitrogens with zero attached hydrogens (tertiary/aromatic N) is 2. The lowest BCUT2D eigenvalue weighted by molar-refractivity contribution is -0.130. The van der Waals surface area contributed by atoms with E-state index in [0.29, 0.717) is 35.2 Å². The van der Waals surface area contributed by atoms with Crippen LogP contribution >= 0.6 is 23.2 Å². The van der Waals surface area contributed by atoms with Gasteiger partial charge < -0.3 is 14.4 Å². The molecule has 0 aliphatic carbocycles. The van der Waals surface area contributed by atoms with Gasteiger partial charge in [-0.25, -0.2) is 8.42 Å². The summed E-state index contributed by atoms with van der Waals surface area (Å²) >= 11 is 12.2. The van der Waals surface area contributed by atoms with Gasteiger partial charge in [0, 0.05) is 31.6 Å². The molecule has 0 bridgehead atoms. The van der Waals surface area contributed by atoms with Crippen LogP contribution in [0.3, 0.4) is 0 Å². The molecule has 2 aromatic carbocycles. The third kappa shape index (κ3) is 6.92. The van der Waals surface area contributed by atoms with Crippen molar-refractivity contribution >= 4 is 44.8 Å². The monoisotopic (exact) mass is 488 g/mol. The fourth-order valence-electron chi connectivity index (χ4n) is 3.05. The van der Waals surface area contributed by atoms with Crippen LogP contribution in [0.1, 0.15) is 18.4 Å². The summed E-state index contributed by atoms with van der Waals surface area (Å²) in [4.78, 5) is 14.2. The molecule has 0 aliphatic heterocycles. The highest BCUT2D eigenvalue weighted by Gasteiger charge is 2.21. The highest BCUT2D eigenvalue weighted by molar-refractivity contribution is 7.92. The summed E-state index contributed by atoms with van der Waals surface area (Å²) in [5.41, 5.74) is 1.18. The number of sulfonamides is 1. The molecular weight excluding hydrogens is 463 g/mol. The Balaban J connectivity index is 2.01. The molecule has 0 saturated heterocycles. The fourth-order valence-corrected chi connectivity index (χ4v) is 4.45. The maximum Gasteiger partial charge on any atom is 0.232 e. The molecule has 0 spiro atoms. The number of hydrogen-bond acceptors (Lipinski definition) is 5. The molecule has 10 heteroatoms. The zero-order valence-electron chi connectivity index (χ0n) is 17.9. The summed E-state index contributed by atoms with van der Waals surface area (Å²) in [6.45, 7) is 0.490. The van der Waals surface area contributed by atoms with E-state index in [2.05, 4.69) is 0 Å². The van der Waals surface area contributed by atoms with Crippen LogP contribution in [0.2, 0.25) is 10.0 Å². The number of carbonyl (C=O) groups is 1. The van der Waals surface area contributed by atoms with Gasteiger partial charge in [0.25, 0.3) is 0 Å². The predicted octanol–water partition coefficient (Wildman–Crippen LogP) is 4.22. The quantitative estimate of drug-likeness (QED) is 0.500. The molecule has 0 radical (unpaired) electrons. The van der Waals surface area contributed by atoms with E-state index >= 15 is 0 Å². The molecule has 0 aliphatic rings. The van der Waals surface area contributed by atoms with Gasteiger partial charge in [-0.1, -0.05) is 29.3 Å². The van der Waals surface area contributed by atoms with E-state index in [1.54, 1.807) is 44.4 Å². The van der Waals surface area contributed by atoms with Crippen LogP contribution < -0.4 is 13.8 Å². The summed E-state index contributed by atoms with van der Waals surface area (Å²) in [6, 6.07) is 10.1. The van der Waals surface area contributed by atoms with Crippen LogP contribution in [0.5, 0.6) is 11.5 Å². The van der Waals surface area contributed by atoms with E-state index in [0.717, 1.165) is 11.8 Å². The van der Waals surface area contributed by atoms with E-state index < -0.39 is 10.0 Å². The second-order valence-electron chi connectivity index (χ2n) is 6.97. The number of hydrogen-bond donors (Lipinski definition) is 0. The zero-order chi connectivity index (χ0) is 23.2. The second kappa shape index (κ2) is 10.9. The number of ether oxygens (including phenoxy) is 2. The van der Waals surface area contributed by atoms with Gasteiger partial charge in [0.15, 0.2) is 11.5 Å². The lowest BCUT2D eigenvalue weighted by atomic mass is 10.1. The number of halogens is 2. The van der Waals surface area contributed by atoms with Gasteiger partial charge in [-0.2, -0.15) is 0 Å². The van der Waals surface area contributed by atoms with E-state index in [4.69, 9.17) is 32.7 Å². The molecule has 0 atom stereocenters. The number of anilines is 1. The van der Waals surface area contributed by atoms with Gasteiger partial charge in [-0.15, -0.1) is 0 Å². The number of rotatable bonds is 10. The smallest absolute Gasteiger partial charge is 0.232 e.